The number of carbonyl (C=O) groups is 6. The summed E-state index contributed by atoms with van der Waals surface area (Å²) < 4.78 is 36.4. The summed E-state index contributed by atoms with van der Waals surface area (Å²) in [5.41, 5.74) is 0. The first-order valence-electron chi connectivity index (χ1n) is 9.46. The largest absolute Gasteiger partial charge is 0.462 e. The van der Waals surface area contributed by atoms with Gasteiger partial charge in [0, 0.05) is 41.5 Å². The highest BCUT2D eigenvalue weighted by Gasteiger charge is 2.56. The highest BCUT2D eigenvalue weighted by Crippen LogP contribution is 2.32. The van der Waals surface area contributed by atoms with Crippen LogP contribution in [0.25, 0.3) is 0 Å². The molecule has 0 amide bonds. The third-order valence-corrected chi connectivity index (χ3v) is 3.85. The van der Waals surface area contributed by atoms with E-state index < -0.39 is 79.2 Å². The zero-order valence-corrected chi connectivity index (χ0v) is 18.5. The van der Waals surface area contributed by atoms with Gasteiger partial charge in [0.05, 0.1) is 0 Å². The summed E-state index contributed by atoms with van der Waals surface area (Å²) in [5.74, 6) is -4.90. The molecule has 1 aliphatic heterocycles. The number of rotatable bonds is 8. The fourth-order valence-corrected chi connectivity index (χ4v) is 2.97. The van der Waals surface area contributed by atoms with Gasteiger partial charge >= 0.3 is 35.8 Å². The van der Waals surface area contributed by atoms with Gasteiger partial charge in [-0.3, -0.25) is 28.8 Å². The van der Waals surface area contributed by atoms with Gasteiger partial charge in [0.15, 0.2) is 18.3 Å². The number of hydrogen-bond donors (Lipinski definition) is 0. The average Bonchev–Trinajstić information content (AvgIpc) is 2.61. The quantitative estimate of drug-likeness (QED) is 0.337. The molecule has 0 aromatic heterocycles. The Morgan fingerprint density at radius 1 is 0.625 bits per heavy atom. The molecular weight excluding hydrogens is 436 g/mol. The molecular formula is C19H26O13. The summed E-state index contributed by atoms with van der Waals surface area (Å²) >= 11 is 0. The van der Waals surface area contributed by atoms with Crippen molar-refractivity contribution in [3.05, 3.63) is 0 Å². The van der Waals surface area contributed by atoms with Crippen molar-refractivity contribution in [2.24, 2.45) is 0 Å². The molecule has 0 radical (unpaired) electrons. The molecule has 1 aliphatic rings. The van der Waals surface area contributed by atoms with Gasteiger partial charge < -0.3 is 33.2 Å². The first kappa shape index (κ1) is 26.8. The van der Waals surface area contributed by atoms with E-state index >= 15 is 0 Å². The number of hydrogen-bond acceptors (Lipinski definition) is 13. The zero-order valence-electron chi connectivity index (χ0n) is 18.5. The fourth-order valence-electron chi connectivity index (χ4n) is 2.97. The van der Waals surface area contributed by atoms with E-state index in [1.807, 2.05) is 0 Å². The molecule has 1 heterocycles. The number of ether oxygens (including phenoxy) is 7. The van der Waals surface area contributed by atoms with Crippen molar-refractivity contribution in [1.82, 2.24) is 0 Å². The summed E-state index contributed by atoms with van der Waals surface area (Å²) in [5, 5.41) is 0. The molecule has 0 bridgehead atoms. The maximum absolute atomic E-state index is 11.8. The molecule has 0 N–H and O–H groups in total. The Kier molecular flexibility index (Phi) is 10.0. The van der Waals surface area contributed by atoms with Crippen LogP contribution in [0.4, 0.5) is 0 Å². The molecule has 6 atom stereocenters. The predicted octanol–water partition coefficient (Wildman–Crippen LogP) is -0.436. The van der Waals surface area contributed by atoms with E-state index in [1.54, 1.807) is 0 Å². The van der Waals surface area contributed by atoms with E-state index in [0.29, 0.717) is 0 Å². The average molecular weight is 462 g/mol. The maximum Gasteiger partial charge on any atom is 0.305 e. The van der Waals surface area contributed by atoms with E-state index in [4.69, 9.17) is 33.2 Å². The third kappa shape index (κ3) is 8.49. The van der Waals surface area contributed by atoms with Crippen LogP contribution in [0.3, 0.4) is 0 Å². The topological polar surface area (TPSA) is 167 Å². The first-order valence-corrected chi connectivity index (χ1v) is 9.46. The molecule has 0 aromatic rings. The van der Waals surface area contributed by atoms with Crippen molar-refractivity contribution < 1.29 is 61.9 Å². The zero-order chi connectivity index (χ0) is 24.6. The van der Waals surface area contributed by atoms with Gasteiger partial charge in [0.1, 0.15) is 12.7 Å². The lowest BCUT2D eigenvalue weighted by molar-refractivity contribution is -0.310. The van der Waals surface area contributed by atoms with Gasteiger partial charge in [-0.1, -0.05) is 0 Å². The molecule has 0 unspecified atom stereocenters. The summed E-state index contributed by atoms with van der Waals surface area (Å²) in [7, 11) is 0. The normalized spacial score (nSPS) is 25.5. The van der Waals surface area contributed by atoms with Crippen LogP contribution in [0.1, 0.15) is 41.5 Å². The second-order valence-electron chi connectivity index (χ2n) is 6.75. The number of carbonyl (C=O) groups excluding carboxylic acids is 6. The minimum Gasteiger partial charge on any atom is -0.462 e. The third-order valence-electron chi connectivity index (χ3n) is 3.85. The standard InChI is InChI=1S/C19H26O13/c1-8(20)26-7-14(27-9(2)21)15-16(28-10(3)22)17(29-11(4)23)18(30-12(5)24)19(32-15)31-13(6)25/h14-19H,7H2,1-6H3/t14-,15+,16+,17-,18+,19-/m0/s1. The molecule has 1 saturated heterocycles. The van der Waals surface area contributed by atoms with Gasteiger partial charge in [-0.15, -0.1) is 0 Å². The molecule has 0 aliphatic carbocycles. The van der Waals surface area contributed by atoms with Gasteiger partial charge in [0.25, 0.3) is 0 Å². The van der Waals surface area contributed by atoms with Crippen molar-refractivity contribution in [3.63, 3.8) is 0 Å². The second kappa shape index (κ2) is 12.0. The molecule has 13 heteroatoms. The highest BCUT2D eigenvalue weighted by atomic mass is 16.7. The fraction of sp³-hybridized carbons (Fsp3) is 0.684. The molecule has 0 spiro atoms. The van der Waals surface area contributed by atoms with Crippen LogP contribution in [-0.2, 0) is 61.9 Å². The Labute approximate surface area is 183 Å². The van der Waals surface area contributed by atoms with Crippen molar-refractivity contribution in [1.29, 1.82) is 0 Å². The van der Waals surface area contributed by atoms with E-state index in [2.05, 4.69) is 0 Å². The lowest BCUT2D eigenvalue weighted by Gasteiger charge is -2.45. The van der Waals surface area contributed by atoms with Crippen LogP contribution >= 0.6 is 0 Å². The lowest BCUT2D eigenvalue weighted by Crippen LogP contribution is -2.65. The minimum absolute atomic E-state index is 0.533. The maximum atomic E-state index is 11.8. The van der Waals surface area contributed by atoms with Crippen LogP contribution in [0.2, 0.25) is 0 Å². The van der Waals surface area contributed by atoms with Crippen LogP contribution < -0.4 is 0 Å². The Bertz CT molecular complexity index is 732. The Morgan fingerprint density at radius 3 is 1.53 bits per heavy atom. The van der Waals surface area contributed by atoms with Crippen LogP contribution in [-0.4, -0.2) is 79.2 Å². The van der Waals surface area contributed by atoms with Crippen LogP contribution in [0.15, 0.2) is 0 Å². The summed E-state index contributed by atoms with van der Waals surface area (Å²) in [6.07, 6.45) is -9.05. The number of esters is 6. The summed E-state index contributed by atoms with van der Waals surface area (Å²) in [4.78, 5) is 69.7. The molecule has 13 nitrogen and oxygen atoms in total. The Morgan fingerprint density at radius 2 is 1.09 bits per heavy atom. The summed E-state index contributed by atoms with van der Waals surface area (Å²) in [6, 6.07) is 0. The van der Waals surface area contributed by atoms with E-state index in [0.717, 1.165) is 41.5 Å². The summed E-state index contributed by atoms with van der Waals surface area (Å²) in [6.45, 7) is 5.83. The van der Waals surface area contributed by atoms with Crippen LogP contribution in [0.5, 0.6) is 0 Å². The van der Waals surface area contributed by atoms with Gasteiger partial charge in [-0.05, 0) is 0 Å². The second-order valence-corrected chi connectivity index (χ2v) is 6.75. The van der Waals surface area contributed by atoms with Crippen molar-refractivity contribution >= 4 is 35.8 Å². The SMILES string of the molecule is CC(=O)OC[C@H](OC(C)=O)[C@H]1O[C@H](OC(C)=O)[C@H](OC(C)=O)[C@@H](OC(C)=O)[C@@H]1OC(C)=O. The van der Waals surface area contributed by atoms with Gasteiger partial charge in [0.2, 0.25) is 12.4 Å². The highest BCUT2D eigenvalue weighted by molar-refractivity contribution is 5.69. The lowest BCUT2D eigenvalue weighted by atomic mass is 9.94. The van der Waals surface area contributed by atoms with Crippen molar-refractivity contribution in [3.8, 4) is 0 Å². The smallest absolute Gasteiger partial charge is 0.305 e. The predicted molar refractivity (Wildman–Crippen MR) is 99.3 cm³/mol. The van der Waals surface area contributed by atoms with Crippen molar-refractivity contribution in [2.45, 2.75) is 78.4 Å². The monoisotopic (exact) mass is 462 g/mol. The first-order chi connectivity index (χ1) is 14.8. The van der Waals surface area contributed by atoms with Crippen molar-refractivity contribution in [2.75, 3.05) is 6.61 Å². The molecule has 0 saturated carbocycles. The van der Waals surface area contributed by atoms with E-state index in [1.165, 1.54) is 0 Å². The molecule has 1 rings (SSSR count). The Hall–Kier alpha value is -3.22. The van der Waals surface area contributed by atoms with Gasteiger partial charge in [-0.2, -0.15) is 0 Å². The Balaban J connectivity index is 3.52. The molecule has 0 aromatic carbocycles. The van der Waals surface area contributed by atoms with E-state index in [9.17, 15) is 28.8 Å². The molecule has 32 heavy (non-hydrogen) atoms. The minimum atomic E-state index is -1.65. The molecule has 1 fully saturated rings. The van der Waals surface area contributed by atoms with E-state index in [-0.39, 0.29) is 0 Å². The van der Waals surface area contributed by atoms with Crippen LogP contribution in [0, 0.1) is 0 Å². The van der Waals surface area contributed by atoms with Gasteiger partial charge in [-0.25, -0.2) is 0 Å². The molecule has 180 valence electrons.